The van der Waals surface area contributed by atoms with Gasteiger partial charge in [-0.05, 0) is 38.0 Å². The van der Waals surface area contributed by atoms with Crippen molar-refractivity contribution >= 4 is 39.3 Å². The van der Waals surface area contributed by atoms with Crippen molar-refractivity contribution in [3.05, 3.63) is 56.4 Å². The maximum absolute atomic E-state index is 14.0. The molecule has 0 aliphatic rings. The summed E-state index contributed by atoms with van der Waals surface area (Å²) in [5, 5.41) is 8.12. The van der Waals surface area contributed by atoms with Gasteiger partial charge in [-0.15, -0.1) is 11.3 Å². The van der Waals surface area contributed by atoms with Crippen molar-refractivity contribution in [1.29, 1.82) is 0 Å². The van der Waals surface area contributed by atoms with Gasteiger partial charge in [0.15, 0.2) is 5.00 Å². The molecule has 0 saturated heterocycles. The molecular weight excluding hydrogens is 375 g/mol. The molecule has 1 aromatic carbocycles. The van der Waals surface area contributed by atoms with Gasteiger partial charge in [0.2, 0.25) is 0 Å². The average molecular weight is 392 g/mol. The van der Waals surface area contributed by atoms with Gasteiger partial charge in [0, 0.05) is 11.3 Å². The van der Waals surface area contributed by atoms with E-state index in [2.05, 4.69) is 9.97 Å². The van der Waals surface area contributed by atoms with E-state index in [1.165, 1.54) is 13.8 Å². The quantitative estimate of drug-likeness (QED) is 0.630. The minimum Gasteiger partial charge on any atom is -0.477 e. The predicted octanol–water partition coefficient (Wildman–Crippen LogP) is 4.38. The predicted molar refractivity (Wildman–Crippen MR) is 102 cm³/mol. The highest BCUT2D eigenvalue weighted by Gasteiger charge is 2.21. The fraction of sp³-hybridized carbons (Fsp3) is 0.278. The zero-order valence-corrected chi connectivity index (χ0v) is 16.1. The lowest BCUT2D eigenvalue weighted by Crippen LogP contribution is -2.12. The van der Waals surface area contributed by atoms with E-state index in [9.17, 15) is 19.1 Å². The lowest BCUT2D eigenvalue weighted by Gasteiger charge is -2.16. The Morgan fingerprint density at radius 3 is 2.73 bits per heavy atom. The number of carbonyl (C=O) groups is 1. The summed E-state index contributed by atoms with van der Waals surface area (Å²) in [6, 6.07) is 7.37. The van der Waals surface area contributed by atoms with Crippen LogP contribution in [0.5, 0.6) is 0 Å². The summed E-state index contributed by atoms with van der Waals surface area (Å²) in [5.74, 6) is -0.649. The molecule has 8 heteroatoms. The van der Waals surface area contributed by atoms with Crippen LogP contribution in [0.1, 0.15) is 40.5 Å². The number of carboxylic acids is 1. The number of H-pyrrole nitrogens is 1. The zero-order chi connectivity index (χ0) is 19.1. The summed E-state index contributed by atoms with van der Waals surface area (Å²) < 4.78 is 14.0. The number of thiophene rings is 1. The molecule has 0 atom stereocenters. The van der Waals surface area contributed by atoms with E-state index in [-0.39, 0.29) is 10.4 Å². The number of rotatable bonds is 5. The highest BCUT2D eigenvalue weighted by Crippen LogP contribution is 2.36. The first-order valence-corrected chi connectivity index (χ1v) is 9.50. The lowest BCUT2D eigenvalue weighted by molar-refractivity contribution is 0.0701. The van der Waals surface area contributed by atoms with E-state index in [1.54, 1.807) is 6.92 Å². The zero-order valence-electron chi connectivity index (χ0n) is 14.4. The fourth-order valence-corrected chi connectivity index (χ4v) is 4.65. The molecule has 0 bridgehead atoms. The number of halogens is 1. The molecule has 2 heterocycles. The van der Waals surface area contributed by atoms with Crippen molar-refractivity contribution in [2.75, 3.05) is 0 Å². The highest BCUT2D eigenvalue weighted by molar-refractivity contribution is 8.00. The van der Waals surface area contributed by atoms with Gasteiger partial charge in [-0.1, -0.05) is 30.0 Å². The summed E-state index contributed by atoms with van der Waals surface area (Å²) in [7, 11) is 0. The van der Waals surface area contributed by atoms with E-state index in [1.807, 2.05) is 24.3 Å². The third kappa shape index (κ3) is 3.81. The highest BCUT2D eigenvalue weighted by atomic mass is 32.2. The molecule has 0 fully saturated rings. The summed E-state index contributed by atoms with van der Waals surface area (Å²) in [6.07, 6.45) is 0.323. The Balaban J connectivity index is 2.03. The molecule has 136 valence electrons. The molecule has 3 rings (SSSR count). The van der Waals surface area contributed by atoms with E-state index in [0.29, 0.717) is 28.0 Å². The van der Waals surface area contributed by atoms with Gasteiger partial charge in [0.25, 0.3) is 5.56 Å². The maximum Gasteiger partial charge on any atom is 0.346 e. The summed E-state index contributed by atoms with van der Waals surface area (Å²) in [4.78, 5) is 32.1. The lowest BCUT2D eigenvalue weighted by atomic mass is 10.1. The molecular formula is C18H17FN2O3S2. The minimum absolute atomic E-state index is 0.116. The largest absolute Gasteiger partial charge is 0.477 e. The van der Waals surface area contributed by atoms with Crippen LogP contribution in [0.3, 0.4) is 0 Å². The first-order chi connectivity index (χ1) is 12.2. The molecule has 0 spiro atoms. The number of fused-ring (bicyclic) bond motifs is 1. The Hall–Kier alpha value is -2.19. The molecule has 3 aromatic rings. The Morgan fingerprint density at radius 1 is 1.38 bits per heavy atom. The van der Waals surface area contributed by atoms with Crippen molar-refractivity contribution in [1.82, 2.24) is 9.97 Å². The van der Waals surface area contributed by atoms with Gasteiger partial charge in [-0.2, -0.15) is 0 Å². The van der Waals surface area contributed by atoms with Crippen LogP contribution in [-0.4, -0.2) is 26.0 Å². The van der Waals surface area contributed by atoms with Gasteiger partial charge >= 0.3 is 5.97 Å². The number of aromatic nitrogens is 2. The Kier molecular flexibility index (Phi) is 4.90. The van der Waals surface area contributed by atoms with Crippen LogP contribution in [0.25, 0.3) is 10.2 Å². The van der Waals surface area contributed by atoms with E-state index < -0.39 is 11.0 Å². The number of benzene rings is 1. The number of nitrogens with zero attached hydrogens (tertiary/aromatic N) is 1. The number of alkyl halides is 1. The van der Waals surface area contributed by atoms with Crippen LogP contribution < -0.4 is 5.56 Å². The number of aryl methyl sites for hydroxylation is 1. The van der Waals surface area contributed by atoms with Crippen molar-refractivity contribution in [2.45, 2.75) is 37.1 Å². The Labute approximate surface area is 157 Å². The SMILES string of the molecule is Cc1c(C(=O)O)sc2nc(Cc3ccccc3SC(C)(C)F)[nH]c(=O)c12. The van der Waals surface area contributed by atoms with Gasteiger partial charge in [0.1, 0.15) is 15.5 Å². The van der Waals surface area contributed by atoms with Crippen LogP contribution in [0.15, 0.2) is 34.0 Å². The fourth-order valence-electron chi connectivity index (χ4n) is 2.67. The number of hydrogen-bond donors (Lipinski definition) is 2. The second-order valence-corrected chi connectivity index (χ2v) is 8.92. The number of aromatic carboxylic acids is 1. The Morgan fingerprint density at radius 2 is 2.08 bits per heavy atom. The smallest absolute Gasteiger partial charge is 0.346 e. The maximum atomic E-state index is 14.0. The monoisotopic (exact) mass is 392 g/mol. The standard InChI is InChI=1S/C18H17FN2O3S2/c1-9-13-15(22)20-12(21-16(13)25-14(9)17(23)24)8-10-6-4-5-7-11(10)26-18(2,3)19/h4-7H,8H2,1-3H3,(H,23,24)(H,20,21,22). The van der Waals surface area contributed by atoms with Crippen molar-refractivity contribution < 1.29 is 14.3 Å². The van der Waals surface area contributed by atoms with Crippen LogP contribution in [0.4, 0.5) is 4.39 Å². The number of nitrogens with one attached hydrogen (secondary N) is 1. The second-order valence-electron chi connectivity index (χ2n) is 6.30. The van der Waals surface area contributed by atoms with Crippen LogP contribution in [0, 0.1) is 6.92 Å². The first kappa shape index (κ1) is 18.6. The normalized spacial score (nSPS) is 11.8. The number of hydrogen-bond acceptors (Lipinski definition) is 5. The first-order valence-electron chi connectivity index (χ1n) is 7.87. The van der Waals surface area contributed by atoms with E-state index >= 15 is 0 Å². The number of carboxylic acid groups (broad SMARTS) is 1. The third-order valence-electron chi connectivity index (χ3n) is 3.73. The molecule has 0 amide bonds. The van der Waals surface area contributed by atoms with Gasteiger partial charge in [0.05, 0.1) is 5.39 Å². The molecule has 5 nitrogen and oxygen atoms in total. The Bertz CT molecular complexity index is 1050. The van der Waals surface area contributed by atoms with Crippen LogP contribution >= 0.6 is 23.1 Å². The van der Waals surface area contributed by atoms with Gasteiger partial charge < -0.3 is 10.1 Å². The van der Waals surface area contributed by atoms with Gasteiger partial charge in [-0.3, -0.25) is 4.79 Å². The third-order valence-corrected chi connectivity index (χ3v) is 6.00. The van der Waals surface area contributed by atoms with Crippen molar-refractivity contribution in [3.63, 3.8) is 0 Å². The molecule has 26 heavy (non-hydrogen) atoms. The van der Waals surface area contributed by atoms with E-state index in [4.69, 9.17) is 0 Å². The molecule has 0 aliphatic carbocycles. The van der Waals surface area contributed by atoms with Crippen molar-refractivity contribution in [3.8, 4) is 0 Å². The molecule has 0 saturated carbocycles. The average Bonchev–Trinajstić information content (AvgIpc) is 2.85. The van der Waals surface area contributed by atoms with Crippen LogP contribution in [0.2, 0.25) is 0 Å². The second kappa shape index (κ2) is 6.85. The summed E-state index contributed by atoms with van der Waals surface area (Å²) in [5.41, 5.74) is 0.910. The molecule has 0 radical (unpaired) electrons. The summed E-state index contributed by atoms with van der Waals surface area (Å²) >= 11 is 2.09. The van der Waals surface area contributed by atoms with Crippen molar-refractivity contribution in [2.24, 2.45) is 0 Å². The molecule has 0 aliphatic heterocycles. The van der Waals surface area contributed by atoms with Gasteiger partial charge in [-0.25, -0.2) is 14.2 Å². The molecule has 2 aromatic heterocycles. The number of aromatic amines is 1. The molecule has 2 N–H and O–H groups in total. The minimum atomic E-state index is -1.43. The molecule has 0 unspecified atom stereocenters. The van der Waals surface area contributed by atoms with E-state index in [0.717, 1.165) is 33.6 Å². The topological polar surface area (TPSA) is 83.0 Å². The van der Waals surface area contributed by atoms with Crippen LogP contribution in [-0.2, 0) is 6.42 Å². The number of thioether (sulfide) groups is 1. The summed E-state index contributed by atoms with van der Waals surface area (Å²) in [6.45, 7) is 4.58.